The van der Waals surface area contributed by atoms with E-state index in [9.17, 15) is 0 Å². The molecule has 12 heavy (non-hydrogen) atoms. The maximum atomic E-state index is 4.15. The summed E-state index contributed by atoms with van der Waals surface area (Å²) in [4.78, 5) is 4.15. The molecule has 66 valence electrons. The average Bonchev–Trinajstić information content (AvgIpc) is 2.12. The Hall–Kier alpha value is -0.500. The molecular formula is C10H15NS. The molecule has 0 amide bonds. The highest BCUT2D eigenvalue weighted by molar-refractivity contribution is 8.14. The first-order valence-corrected chi connectivity index (χ1v) is 5.05. The van der Waals surface area contributed by atoms with Crippen LogP contribution in [0.1, 0.15) is 27.2 Å². The normalized spacial score (nSPS) is 17.4. The SMILES string of the molecule is CC(C)(C)CC1=CN=CSC=C1. The lowest BCUT2D eigenvalue weighted by Gasteiger charge is -2.17. The van der Waals surface area contributed by atoms with Gasteiger partial charge in [-0.1, -0.05) is 38.6 Å². The summed E-state index contributed by atoms with van der Waals surface area (Å²) in [5.74, 6) is 0. The third-order valence-electron chi connectivity index (χ3n) is 1.46. The third-order valence-corrected chi connectivity index (χ3v) is 1.99. The summed E-state index contributed by atoms with van der Waals surface area (Å²) in [5.41, 5.74) is 3.51. The standard InChI is InChI=1S/C10H15NS/c1-10(2,3)6-9-4-5-12-8-11-7-9/h4-5,7-8H,6H2,1-3H3. The van der Waals surface area contributed by atoms with E-state index in [4.69, 9.17) is 0 Å². The van der Waals surface area contributed by atoms with Crippen molar-refractivity contribution in [1.29, 1.82) is 0 Å². The van der Waals surface area contributed by atoms with Gasteiger partial charge in [0.25, 0.3) is 0 Å². The molecule has 0 aliphatic carbocycles. The number of allylic oxidation sites excluding steroid dienone is 2. The van der Waals surface area contributed by atoms with Gasteiger partial charge < -0.3 is 0 Å². The Bertz CT molecular complexity index is 231. The summed E-state index contributed by atoms with van der Waals surface area (Å²) in [6.45, 7) is 6.72. The van der Waals surface area contributed by atoms with E-state index in [1.54, 1.807) is 11.8 Å². The molecule has 0 bridgehead atoms. The molecule has 1 aliphatic rings. The van der Waals surface area contributed by atoms with Crippen molar-refractivity contribution < 1.29 is 0 Å². The van der Waals surface area contributed by atoms with Crippen LogP contribution in [0.2, 0.25) is 0 Å². The molecule has 0 atom stereocenters. The number of aliphatic imine (C=N–C) groups is 1. The maximum absolute atomic E-state index is 4.15. The molecule has 2 heteroatoms. The molecule has 0 radical (unpaired) electrons. The van der Waals surface area contributed by atoms with Gasteiger partial charge >= 0.3 is 0 Å². The molecule has 0 fully saturated rings. The van der Waals surface area contributed by atoms with Crippen LogP contribution in [0.15, 0.2) is 28.2 Å². The first kappa shape index (κ1) is 9.59. The van der Waals surface area contributed by atoms with E-state index in [0.717, 1.165) is 6.42 Å². The molecule has 0 saturated carbocycles. The maximum Gasteiger partial charge on any atom is 0.0638 e. The van der Waals surface area contributed by atoms with Crippen molar-refractivity contribution in [3.05, 3.63) is 23.3 Å². The van der Waals surface area contributed by atoms with Crippen molar-refractivity contribution in [2.75, 3.05) is 0 Å². The average molecular weight is 181 g/mol. The number of nitrogens with zero attached hydrogens (tertiary/aromatic N) is 1. The Balaban J connectivity index is 2.62. The van der Waals surface area contributed by atoms with Crippen molar-refractivity contribution in [3.8, 4) is 0 Å². The van der Waals surface area contributed by atoms with Crippen LogP contribution in [0, 0.1) is 5.41 Å². The molecular weight excluding hydrogens is 166 g/mol. The molecule has 0 aromatic carbocycles. The van der Waals surface area contributed by atoms with Crippen molar-refractivity contribution in [2.45, 2.75) is 27.2 Å². The molecule has 0 spiro atoms. The second-order valence-corrected chi connectivity index (χ2v) is 4.89. The van der Waals surface area contributed by atoms with E-state index in [-0.39, 0.29) is 0 Å². The van der Waals surface area contributed by atoms with Crippen LogP contribution in [0.3, 0.4) is 0 Å². The predicted molar refractivity (Wildman–Crippen MR) is 57.4 cm³/mol. The smallest absolute Gasteiger partial charge is 0.0638 e. The van der Waals surface area contributed by atoms with Gasteiger partial charge in [0.2, 0.25) is 0 Å². The van der Waals surface area contributed by atoms with Crippen LogP contribution in [0.5, 0.6) is 0 Å². The minimum Gasteiger partial charge on any atom is -0.257 e. The van der Waals surface area contributed by atoms with Crippen LogP contribution >= 0.6 is 11.8 Å². The number of thioether (sulfide) groups is 1. The fourth-order valence-electron chi connectivity index (χ4n) is 1.08. The highest BCUT2D eigenvalue weighted by Gasteiger charge is 2.11. The van der Waals surface area contributed by atoms with Crippen LogP contribution in [-0.4, -0.2) is 5.55 Å². The van der Waals surface area contributed by atoms with Crippen LogP contribution < -0.4 is 0 Å². The molecule has 0 aromatic heterocycles. The van der Waals surface area contributed by atoms with Gasteiger partial charge in [0.1, 0.15) is 0 Å². The molecule has 1 rings (SSSR count). The molecule has 0 aromatic rings. The van der Waals surface area contributed by atoms with Crippen LogP contribution in [0.4, 0.5) is 0 Å². The van der Waals surface area contributed by atoms with E-state index in [2.05, 4.69) is 37.2 Å². The second kappa shape index (κ2) is 3.94. The van der Waals surface area contributed by atoms with Gasteiger partial charge in [-0.15, -0.1) is 0 Å². The molecule has 1 heterocycles. The van der Waals surface area contributed by atoms with E-state index in [1.165, 1.54) is 5.57 Å². The molecule has 0 saturated heterocycles. The topological polar surface area (TPSA) is 12.4 Å². The fraction of sp³-hybridized carbons (Fsp3) is 0.500. The van der Waals surface area contributed by atoms with Gasteiger partial charge in [-0.2, -0.15) is 0 Å². The highest BCUT2D eigenvalue weighted by atomic mass is 32.2. The Kier molecular flexibility index (Phi) is 3.15. The zero-order chi connectivity index (χ0) is 9.03. The van der Waals surface area contributed by atoms with E-state index in [0.29, 0.717) is 5.41 Å². The molecule has 1 nitrogen and oxygen atoms in total. The van der Waals surface area contributed by atoms with Crippen molar-refractivity contribution in [3.63, 3.8) is 0 Å². The van der Waals surface area contributed by atoms with Crippen LogP contribution in [0.25, 0.3) is 0 Å². The van der Waals surface area contributed by atoms with Crippen LogP contribution in [-0.2, 0) is 0 Å². The Labute approximate surface area is 78.7 Å². The van der Waals surface area contributed by atoms with Gasteiger partial charge in [-0.3, -0.25) is 4.99 Å². The van der Waals surface area contributed by atoms with Crippen molar-refractivity contribution in [2.24, 2.45) is 10.4 Å². The van der Waals surface area contributed by atoms with Crippen molar-refractivity contribution >= 4 is 17.3 Å². The van der Waals surface area contributed by atoms with Gasteiger partial charge in [0.15, 0.2) is 0 Å². The summed E-state index contributed by atoms with van der Waals surface area (Å²) < 4.78 is 0. The Morgan fingerprint density at radius 1 is 1.42 bits per heavy atom. The quantitative estimate of drug-likeness (QED) is 0.602. The zero-order valence-corrected chi connectivity index (χ0v) is 8.69. The summed E-state index contributed by atoms with van der Waals surface area (Å²) in [6.07, 6.45) is 5.17. The number of rotatable bonds is 1. The first-order valence-electron chi connectivity index (χ1n) is 4.11. The first-order chi connectivity index (χ1) is 5.58. The number of hydrogen-bond donors (Lipinski definition) is 0. The lowest BCUT2D eigenvalue weighted by molar-refractivity contribution is 0.413. The lowest BCUT2D eigenvalue weighted by atomic mass is 9.88. The second-order valence-electron chi connectivity index (χ2n) is 4.13. The summed E-state index contributed by atoms with van der Waals surface area (Å²) in [7, 11) is 0. The third kappa shape index (κ3) is 3.77. The summed E-state index contributed by atoms with van der Waals surface area (Å²) in [5, 5.41) is 2.08. The Morgan fingerprint density at radius 3 is 2.83 bits per heavy atom. The largest absolute Gasteiger partial charge is 0.257 e. The summed E-state index contributed by atoms with van der Waals surface area (Å²) in [6, 6.07) is 0. The minimum atomic E-state index is 0.348. The van der Waals surface area contributed by atoms with Crippen molar-refractivity contribution in [1.82, 2.24) is 0 Å². The van der Waals surface area contributed by atoms with E-state index >= 15 is 0 Å². The number of hydrogen-bond acceptors (Lipinski definition) is 2. The molecule has 0 unspecified atom stereocenters. The summed E-state index contributed by atoms with van der Waals surface area (Å²) >= 11 is 1.62. The van der Waals surface area contributed by atoms with Gasteiger partial charge in [-0.25, -0.2) is 0 Å². The minimum absolute atomic E-state index is 0.348. The van der Waals surface area contributed by atoms with Gasteiger partial charge in [0, 0.05) is 6.20 Å². The highest BCUT2D eigenvalue weighted by Crippen LogP contribution is 2.25. The zero-order valence-electron chi connectivity index (χ0n) is 7.87. The predicted octanol–water partition coefficient (Wildman–Crippen LogP) is 3.60. The molecule has 1 aliphatic heterocycles. The van der Waals surface area contributed by atoms with E-state index in [1.807, 2.05) is 11.7 Å². The van der Waals surface area contributed by atoms with Gasteiger partial charge in [-0.05, 0) is 22.8 Å². The fourth-order valence-corrected chi connectivity index (χ4v) is 1.54. The monoisotopic (exact) mass is 181 g/mol. The lowest BCUT2D eigenvalue weighted by Crippen LogP contribution is -2.05. The Morgan fingerprint density at radius 2 is 2.17 bits per heavy atom. The van der Waals surface area contributed by atoms with E-state index < -0.39 is 0 Å². The van der Waals surface area contributed by atoms with Gasteiger partial charge in [0.05, 0.1) is 5.55 Å². The molecule has 0 N–H and O–H groups in total.